The summed E-state index contributed by atoms with van der Waals surface area (Å²) in [5.74, 6) is 0.0540. The molecule has 100 valence electrons. The van der Waals surface area contributed by atoms with Crippen molar-refractivity contribution in [1.82, 2.24) is 5.32 Å². The van der Waals surface area contributed by atoms with Crippen molar-refractivity contribution in [3.05, 3.63) is 35.4 Å². The Balaban J connectivity index is 2.48. The van der Waals surface area contributed by atoms with Crippen molar-refractivity contribution >= 4 is 5.91 Å². The number of aliphatic hydroxyl groups is 1. The monoisotopic (exact) mass is 249 g/mol. The van der Waals surface area contributed by atoms with Gasteiger partial charge >= 0.3 is 0 Å². The van der Waals surface area contributed by atoms with Crippen LogP contribution in [0.2, 0.25) is 0 Å². The maximum Gasteiger partial charge on any atom is 0.224 e. The highest BCUT2D eigenvalue weighted by Crippen LogP contribution is 2.14. The second-order valence-electron chi connectivity index (χ2n) is 5.45. The van der Waals surface area contributed by atoms with Crippen LogP contribution in [0.5, 0.6) is 0 Å². The van der Waals surface area contributed by atoms with Crippen LogP contribution in [0, 0.1) is 12.8 Å². The fourth-order valence-electron chi connectivity index (χ4n) is 1.55. The second kappa shape index (κ2) is 6.01. The zero-order valence-corrected chi connectivity index (χ0v) is 11.7. The third kappa shape index (κ3) is 4.49. The van der Waals surface area contributed by atoms with E-state index in [1.165, 1.54) is 0 Å². The van der Waals surface area contributed by atoms with Gasteiger partial charge in [0, 0.05) is 6.54 Å². The minimum Gasteiger partial charge on any atom is -0.388 e. The molecule has 2 N–H and O–H groups in total. The van der Waals surface area contributed by atoms with Crippen LogP contribution in [0.1, 0.15) is 31.9 Å². The van der Waals surface area contributed by atoms with Crippen molar-refractivity contribution in [2.45, 2.75) is 39.7 Å². The van der Waals surface area contributed by atoms with E-state index in [-0.39, 0.29) is 18.4 Å². The van der Waals surface area contributed by atoms with E-state index in [0.717, 1.165) is 11.1 Å². The highest BCUT2D eigenvalue weighted by Gasteiger charge is 2.25. The molecule has 1 aromatic rings. The molecule has 0 saturated heterocycles. The summed E-state index contributed by atoms with van der Waals surface area (Å²) in [6, 6.07) is 7.89. The maximum absolute atomic E-state index is 11.8. The second-order valence-corrected chi connectivity index (χ2v) is 5.45. The first-order chi connectivity index (χ1) is 8.31. The van der Waals surface area contributed by atoms with Gasteiger partial charge in [-0.3, -0.25) is 4.79 Å². The lowest BCUT2D eigenvalue weighted by molar-refractivity contribution is -0.122. The summed E-state index contributed by atoms with van der Waals surface area (Å²) < 4.78 is 0. The van der Waals surface area contributed by atoms with Gasteiger partial charge in [-0.25, -0.2) is 0 Å². The molecule has 1 unspecified atom stereocenters. The molecular weight excluding hydrogens is 226 g/mol. The van der Waals surface area contributed by atoms with Crippen molar-refractivity contribution in [2.75, 3.05) is 6.54 Å². The van der Waals surface area contributed by atoms with Gasteiger partial charge < -0.3 is 10.4 Å². The summed E-state index contributed by atoms with van der Waals surface area (Å²) >= 11 is 0. The Morgan fingerprint density at radius 1 is 1.44 bits per heavy atom. The summed E-state index contributed by atoms with van der Waals surface area (Å²) in [5.41, 5.74) is 1.29. The van der Waals surface area contributed by atoms with Crippen molar-refractivity contribution < 1.29 is 9.90 Å². The van der Waals surface area contributed by atoms with Gasteiger partial charge in [0.1, 0.15) is 0 Å². The van der Waals surface area contributed by atoms with Crippen LogP contribution in [0.15, 0.2) is 24.3 Å². The van der Waals surface area contributed by atoms with E-state index in [0.29, 0.717) is 6.42 Å². The van der Waals surface area contributed by atoms with E-state index >= 15 is 0 Å². The maximum atomic E-state index is 11.8. The number of carbonyl (C=O) groups is 1. The summed E-state index contributed by atoms with van der Waals surface area (Å²) in [6.45, 7) is 7.91. The van der Waals surface area contributed by atoms with Crippen LogP contribution in [0.25, 0.3) is 0 Å². The fourth-order valence-corrected chi connectivity index (χ4v) is 1.55. The van der Waals surface area contributed by atoms with Gasteiger partial charge in [0.2, 0.25) is 5.91 Å². The van der Waals surface area contributed by atoms with Gasteiger partial charge in [0.15, 0.2) is 0 Å². The molecule has 0 spiro atoms. The van der Waals surface area contributed by atoms with Crippen LogP contribution >= 0.6 is 0 Å². The lowest BCUT2D eigenvalue weighted by atomic mass is 9.92. The molecule has 0 fully saturated rings. The lowest BCUT2D eigenvalue weighted by Crippen LogP contribution is -2.44. The van der Waals surface area contributed by atoms with Crippen LogP contribution in [0.4, 0.5) is 0 Å². The quantitative estimate of drug-likeness (QED) is 0.839. The Labute approximate surface area is 109 Å². The van der Waals surface area contributed by atoms with Crippen LogP contribution < -0.4 is 5.32 Å². The van der Waals surface area contributed by atoms with E-state index in [1.54, 1.807) is 6.92 Å². The fraction of sp³-hybridized carbons (Fsp3) is 0.533. The van der Waals surface area contributed by atoms with E-state index in [4.69, 9.17) is 0 Å². The molecule has 1 amide bonds. The average molecular weight is 249 g/mol. The Morgan fingerprint density at radius 3 is 2.67 bits per heavy atom. The Kier molecular flexibility index (Phi) is 4.91. The van der Waals surface area contributed by atoms with Crippen molar-refractivity contribution in [3.8, 4) is 0 Å². The van der Waals surface area contributed by atoms with E-state index in [9.17, 15) is 9.90 Å². The number of aryl methyl sites for hydroxylation is 1. The number of benzene rings is 1. The molecule has 0 aliphatic rings. The predicted octanol–water partition coefficient (Wildman–Crippen LogP) is 2.06. The minimum atomic E-state index is -0.859. The first kappa shape index (κ1) is 14.7. The molecule has 3 nitrogen and oxygen atoms in total. The van der Waals surface area contributed by atoms with Gasteiger partial charge in [-0.05, 0) is 25.3 Å². The normalized spacial score (nSPS) is 14.3. The third-order valence-electron chi connectivity index (χ3n) is 3.33. The zero-order chi connectivity index (χ0) is 13.8. The lowest BCUT2D eigenvalue weighted by Gasteiger charge is -2.27. The average Bonchev–Trinajstić information content (AvgIpc) is 2.26. The molecule has 0 saturated carbocycles. The molecule has 0 aliphatic heterocycles. The molecular formula is C15H23NO2. The van der Waals surface area contributed by atoms with Gasteiger partial charge in [0.05, 0.1) is 12.0 Å². The molecule has 1 aromatic carbocycles. The largest absolute Gasteiger partial charge is 0.388 e. The number of amides is 1. The standard InChI is InChI=1S/C15H23NO2/c1-11(2)15(4,18)10-16-14(17)9-13-7-5-6-12(3)8-13/h5-8,11,18H,9-10H2,1-4H3,(H,16,17). The Hall–Kier alpha value is -1.35. The number of hydrogen-bond donors (Lipinski definition) is 2. The van der Waals surface area contributed by atoms with Crippen LogP contribution in [0.3, 0.4) is 0 Å². The molecule has 0 aromatic heterocycles. The molecule has 0 aliphatic carbocycles. The van der Waals surface area contributed by atoms with E-state index in [1.807, 2.05) is 45.0 Å². The molecule has 0 heterocycles. The van der Waals surface area contributed by atoms with Crippen LogP contribution in [-0.4, -0.2) is 23.2 Å². The highest BCUT2D eigenvalue weighted by molar-refractivity contribution is 5.78. The summed E-state index contributed by atoms with van der Waals surface area (Å²) in [5, 5.41) is 12.8. The third-order valence-corrected chi connectivity index (χ3v) is 3.33. The van der Waals surface area contributed by atoms with Crippen molar-refractivity contribution in [2.24, 2.45) is 5.92 Å². The van der Waals surface area contributed by atoms with Crippen LogP contribution in [-0.2, 0) is 11.2 Å². The SMILES string of the molecule is Cc1cccc(CC(=O)NCC(C)(O)C(C)C)c1. The smallest absolute Gasteiger partial charge is 0.224 e. The number of hydrogen-bond acceptors (Lipinski definition) is 2. The molecule has 0 radical (unpaired) electrons. The minimum absolute atomic E-state index is 0.0541. The van der Waals surface area contributed by atoms with Crippen molar-refractivity contribution in [3.63, 3.8) is 0 Å². The first-order valence-electron chi connectivity index (χ1n) is 6.36. The summed E-state index contributed by atoms with van der Waals surface area (Å²) in [4.78, 5) is 11.8. The molecule has 0 bridgehead atoms. The van der Waals surface area contributed by atoms with Gasteiger partial charge in [-0.1, -0.05) is 43.7 Å². The van der Waals surface area contributed by atoms with E-state index in [2.05, 4.69) is 5.32 Å². The van der Waals surface area contributed by atoms with Gasteiger partial charge in [0.25, 0.3) is 0 Å². The molecule has 3 heteroatoms. The Morgan fingerprint density at radius 2 is 2.11 bits per heavy atom. The first-order valence-corrected chi connectivity index (χ1v) is 6.36. The van der Waals surface area contributed by atoms with E-state index < -0.39 is 5.60 Å². The summed E-state index contributed by atoms with van der Waals surface area (Å²) in [7, 11) is 0. The number of nitrogens with one attached hydrogen (secondary N) is 1. The molecule has 18 heavy (non-hydrogen) atoms. The van der Waals surface area contributed by atoms with Gasteiger partial charge in [-0.2, -0.15) is 0 Å². The number of rotatable bonds is 5. The molecule has 1 atom stereocenters. The topological polar surface area (TPSA) is 49.3 Å². The van der Waals surface area contributed by atoms with Crippen molar-refractivity contribution in [1.29, 1.82) is 0 Å². The van der Waals surface area contributed by atoms with Gasteiger partial charge in [-0.15, -0.1) is 0 Å². The number of carbonyl (C=O) groups excluding carboxylic acids is 1. The zero-order valence-electron chi connectivity index (χ0n) is 11.7. The highest BCUT2D eigenvalue weighted by atomic mass is 16.3. The predicted molar refractivity (Wildman–Crippen MR) is 73.4 cm³/mol. The Bertz CT molecular complexity index is 411. The summed E-state index contributed by atoms with van der Waals surface area (Å²) in [6.07, 6.45) is 0.357. The molecule has 1 rings (SSSR count).